The van der Waals surface area contributed by atoms with Crippen LogP contribution in [0.25, 0.3) is 0 Å². The molecule has 1 heterocycles. The number of hydrogen-bond donors (Lipinski definition) is 2. The molecule has 2 N–H and O–H groups in total. The van der Waals surface area contributed by atoms with Gasteiger partial charge in [0.15, 0.2) is 0 Å². The van der Waals surface area contributed by atoms with Crippen molar-refractivity contribution in [2.45, 2.75) is 19.1 Å². The van der Waals surface area contributed by atoms with Gasteiger partial charge in [0.25, 0.3) is 5.91 Å². The van der Waals surface area contributed by atoms with Crippen LogP contribution < -0.4 is 10.6 Å². The summed E-state index contributed by atoms with van der Waals surface area (Å²) in [6.07, 6.45) is -0.391. The molecule has 2 atom stereocenters. The second-order valence-electron chi connectivity index (χ2n) is 4.81. The van der Waals surface area contributed by atoms with Crippen LogP contribution >= 0.6 is 23.2 Å². The Hall–Kier alpha value is -1.14. The molecular formula is C14H16Cl2N2O3. The van der Waals surface area contributed by atoms with Crippen LogP contribution in [0.1, 0.15) is 18.6 Å². The second kappa shape index (κ2) is 7.22. The van der Waals surface area contributed by atoms with E-state index in [1.165, 1.54) is 6.92 Å². The number of ketones is 1. The van der Waals surface area contributed by atoms with Gasteiger partial charge in [-0.25, -0.2) is 0 Å². The summed E-state index contributed by atoms with van der Waals surface area (Å²) < 4.78 is 5.79. The van der Waals surface area contributed by atoms with Crippen LogP contribution in [0, 0.1) is 0 Å². The summed E-state index contributed by atoms with van der Waals surface area (Å²) in [6.45, 7) is 2.90. The van der Waals surface area contributed by atoms with Crippen LogP contribution in [0.4, 0.5) is 0 Å². The number of nitrogens with one attached hydrogen (secondary N) is 2. The molecule has 1 aromatic rings. The molecule has 1 aliphatic heterocycles. The first-order valence-corrected chi connectivity index (χ1v) is 7.33. The standard InChI is InChI=1S/C14H16Cl2N2O3/c1-8(19)14(20)18-12-7-17-4-5-21-13(12)9-2-3-10(15)11(16)6-9/h2-3,6,12-13,17H,4-5,7H2,1H3,(H,18,20). The molecule has 0 aliphatic carbocycles. The van der Waals surface area contributed by atoms with Gasteiger partial charge in [-0.15, -0.1) is 0 Å². The summed E-state index contributed by atoms with van der Waals surface area (Å²) >= 11 is 11.9. The lowest BCUT2D eigenvalue weighted by atomic mass is 10.0. The average molecular weight is 331 g/mol. The number of amides is 1. The van der Waals surface area contributed by atoms with Crippen LogP contribution in [0.15, 0.2) is 18.2 Å². The largest absolute Gasteiger partial charge is 0.370 e. The molecule has 1 aliphatic rings. The zero-order chi connectivity index (χ0) is 15.4. The molecule has 114 valence electrons. The topological polar surface area (TPSA) is 67.4 Å². The molecule has 1 amide bonds. The van der Waals surface area contributed by atoms with Crippen molar-refractivity contribution in [3.05, 3.63) is 33.8 Å². The van der Waals surface area contributed by atoms with Crippen molar-refractivity contribution < 1.29 is 14.3 Å². The normalized spacial score (nSPS) is 22.4. The van der Waals surface area contributed by atoms with E-state index in [2.05, 4.69) is 10.6 Å². The molecule has 1 saturated heterocycles. The maximum absolute atomic E-state index is 11.6. The first-order chi connectivity index (χ1) is 9.99. The molecule has 0 saturated carbocycles. The lowest BCUT2D eigenvalue weighted by Gasteiger charge is -2.26. The lowest BCUT2D eigenvalue weighted by molar-refractivity contribution is -0.137. The number of rotatable bonds is 3. The Balaban J connectivity index is 2.24. The van der Waals surface area contributed by atoms with Gasteiger partial charge in [-0.2, -0.15) is 0 Å². The SMILES string of the molecule is CC(=O)C(=O)NC1CNCCOC1c1ccc(Cl)c(Cl)c1. The van der Waals surface area contributed by atoms with Gasteiger partial charge in [0.05, 0.1) is 22.7 Å². The third-order valence-electron chi connectivity index (χ3n) is 3.21. The Morgan fingerprint density at radius 2 is 2.10 bits per heavy atom. The molecule has 2 unspecified atom stereocenters. The van der Waals surface area contributed by atoms with E-state index in [4.69, 9.17) is 27.9 Å². The Morgan fingerprint density at radius 1 is 1.33 bits per heavy atom. The zero-order valence-electron chi connectivity index (χ0n) is 11.5. The molecule has 1 aromatic carbocycles. The Morgan fingerprint density at radius 3 is 2.76 bits per heavy atom. The predicted molar refractivity (Wildman–Crippen MR) is 80.6 cm³/mol. The molecule has 5 nitrogen and oxygen atoms in total. The minimum atomic E-state index is -0.627. The number of benzene rings is 1. The predicted octanol–water partition coefficient (Wildman–Crippen LogP) is 1.73. The van der Waals surface area contributed by atoms with Crippen molar-refractivity contribution in [1.29, 1.82) is 0 Å². The highest BCUT2D eigenvalue weighted by molar-refractivity contribution is 6.42. The second-order valence-corrected chi connectivity index (χ2v) is 5.62. The van der Waals surface area contributed by atoms with E-state index in [0.717, 1.165) is 5.56 Å². The van der Waals surface area contributed by atoms with Crippen LogP contribution in [0.5, 0.6) is 0 Å². The third-order valence-corrected chi connectivity index (χ3v) is 3.95. The van der Waals surface area contributed by atoms with E-state index in [1.54, 1.807) is 18.2 Å². The molecule has 0 aromatic heterocycles. The van der Waals surface area contributed by atoms with Crippen molar-refractivity contribution in [1.82, 2.24) is 10.6 Å². The first kappa shape index (κ1) is 16.2. The fourth-order valence-corrected chi connectivity index (χ4v) is 2.46. The van der Waals surface area contributed by atoms with Gasteiger partial charge in [0, 0.05) is 20.0 Å². The number of carbonyl (C=O) groups is 2. The fourth-order valence-electron chi connectivity index (χ4n) is 2.15. The summed E-state index contributed by atoms with van der Waals surface area (Å²) in [6, 6.07) is 4.84. The minimum absolute atomic E-state index is 0.360. The van der Waals surface area contributed by atoms with E-state index in [-0.39, 0.29) is 6.04 Å². The van der Waals surface area contributed by atoms with Crippen LogP contribution in [-0.4, -0.2) is 37.4 Å². The van der Waals surface area contributed by atoms with Gasteiger partial charge in [-0.3, -0.25) is 9.59 Å². The molecule has 0 bridgehead atoms. The van der Waals surface area contributed by atoms with E-state index < -0.39 is 17.8 Å². The van der Waals surface area contributed by atoms with E-state index in [1.807, 2.05) is 0 Å². The highest BCUT2D eigenvalue weighted by Gasteiger charge is 2.28. The first-order valence-electron chi connectivity index (χ1n) is 6.57. The van der Waals surface area contributed by atoms with Crippen LogP contribution in [0.2, 0.25) is 10.0 Å². The van der Waals surface area contributed by atoms with Crippen molar-refractivity contribution in [3.63, 3.8) is 0 Å². The van der Waals surface area contributed by atoms with Gasteiger partial charge < -0.3 is 15.4 Å². The molecule has 7 heteroatoms. The maximum Gasteiger partial charge on any atom is 0.287 e. The number of halogens is 2. The Bertz CT molecular complexity index is 551. The summed E-state index contributed by atoms with van der Waals surface area (Å²) in [5.41, 5.74) is 0.807. The molecule has 0 spiro atoms. The van der Waals surface area contributed by atoms with Crippen molar-refractivity contribution >= 4 is 34.9 Å². The maximum atomic E-state index is 11.6. The Labute approximate surface area is 132 Å². The number of ether oxygens (including phenoxy) is 1. The number of Topliss-reactive ketones (excluding diaryl/α,β-unsaturated/α-hetero) is 1. The average Bonchev–Trinajstić information content (AvgIpc) is 2.67. The lowest BCUT2D eigenvalue weighted by Crippen LogP contribution is -2.46. The van der Waals surface area contributed by atoms with Crippen molar-refractivity contribution in [3.8, 4) is 0 Å². The quantitative estimate of drug-likeness (QED) is 0.828. The smallest absolute Gasteiger partial charge is 0.287 e. The number of carbonyl (C=O) groups excluding carboxylic acids is 2. The van der Waals surface area contributed by atoms with E-state index >= 15 is 0 Å². The van der Waals surface area contributed by atoms with Crippen LogP contribution in [-0.2, 0) is 14.3 Å². The van der Waals surface area contributed by atoms with Crippen molar-refractivity contribution in [2.75, 3.05) is 19.7 Å². The molecule has 1 fully saturated rings. The van der Waals surface area contributed by atoms with Gasteiger partial charge in [-0.05, 0) is 17.7 Å². The molecule has 2 rings (SSSR count). The summed E-state index contributed by atoms with van der Waals surface area (Å²) in [7, 11) is 0. The van der Waals surface area contributed by atoms with E-state index in [0.29, 0.717) is 29.7 Å². The summed E-state index contributed by atoms with van der Waals surface area (Å²) in [5, 5.41) is 6.72. The summed E-state index contributed by atoms with van der Waals surface area (Å²) in [5.74, 6) is -1.16. The van der Waals surface area contributed by atoms with E-state index in [9.17, 15) is 9.59 Å². The zero-order valence-corrected chi connectivity index (χ0v) is 13.0. The third kappa shape index (κ3) is 4.17. The number of hydrogen-bond acceptors (Lipinski definition) is 4. The minimum Gasteiger partial charge on any atom is -0.370 e. The van der Waals surface area contributed by atoms with Crippen molar-refractivity contribution in [2.24, 2.45) is 0 Å². The Kier molecular flexibility index (Phi) is 5.58. The molecule has 21 heavy (non-hydrogen) atoms. The van der Waals surface area contributed by atoms with Gasteiger partial charge in [-0.1, -0.05) is 29.3 Å². The monoisotopic (exact) mass is 330 g/mol. The molecular weight excluding hydrogens is 315 g/mol. The highest BCUT2D eigenvalue weighted by Crippen LogP contribution is 2.29. The van der Waals surface area contributed by atoms with Crippen LogP contribution in [0.3, 0.4) is 0 Å². The fraction of sp³-hybridized carbons (Fsp3) is 0.429. The molecule has 0 radical (unpaired) electrons. The summed E-state index contributed by atoms with van der Waals surface area (Å²) in [4.78, 5) is 22.8. The van der Waals surface area contributed by atoms with Gasteiger partial charge >= 0.3 is 0 Å². The highest BCUT2D eigenvalue weighted by atomic mass is 35.5. The van der Waals surface area contributed by atoms with Gasteiger partial charge in [0.2, 0.25) is 5.78 Å². The van der Waals surface area contributed by atoms with Gasteiger partial charge in [0.1, 0.15) is 6.10 Å².